The molecule has 1 aromatic carbocycles. The van der Waals surface area contributed by atoms with Crippen LogP contribution in [-0.4, -0.2) is 38.4 Å². The van der Waals surface area contributed by atoms with Crippen molar-refractivity contribution < 1.29 is 13.5 Å². The predicted molar refractivity (Wildman–Crippen MR) is 80.2 cm³/mol. The summed E-state index contributed by atoms with van der Waals surface area (Å²) in [4.78, 5) is 0.242. The van der Waals surface area contributed by atoms with Gasteiger partial charge >= 0.3 is 0 Å². The summed E-state index contributed by atoms with van der Waals surface area (Å²) in [5.41, 5.74) is 6.10. The smallest absolute Gasteiger partial charge is 0.180 e. The third kappa shape index (κ3) is 3.79. The van der Waals surface area contributed by atoms with Crippen LogP contribution < -0.4 is 11.1 Å². The van der Waals surface area contributed by atoms with Crippen molar-refractivity contribution in [2.45, 2.75) is 42.6 Å². The van der Waals surface area contributed by atoms with Crippen molar-refractivity contribution in [3.05, 3.63) is 29.8 Å². The first-order chi connectivity index (χ1) is 9.34. The van der Waals surface area contributed by atoms with Gasteiger partial charge in [0, 0.05) is 6.04 Å². The van der Waals surface area contributed by atoms with Crippen molar-refractivity contribution in [3.8, 4) is 0 Å². The molecule has 1 rings (SSSR count). The van der Waals surface area contributed by atoms with Gasteiger partial charge in [-0.1, -0.05) is 12.1 Å². The summed E-state index contributed by atoms with van der Waals surface area (Å²) in [7, 11) is -1.59. The number of nitrogens with two attached hydrogens (primary N) is 1. The van der Waals surface area contributed by atoms with Crippen molar-refractivity contribution in [1.29, 1.82) is 0 Å². The maximum Gasteiger partial charge on any atom is 0.180 e. The lowest BCUT2D eigenvalue weighted by molar-refractivity contribution is 0.128. The third-order valence-corrected chi connectivity index (χ3v) is 5.53. The molecule has 0 saturated carbocycles. The number of hydrogen-bond donors (Lipinski definition) is 3. The topological polar surface area (TPSA) is 92.4 Å². The number of hydrogen-bond acceptors (Lipinski definition) is 5. The Labute approximate surface area is 121 Å². The maximum absolute atomic E-state index is 12.2. The lowest BCUT2D eigenvalue weighted by atomic mass is 10.00. The van der Waals surface area contributed by atoms with Gasteiger partial charge in [0.15, 0.2) is 9.84 Å². The van der Waals surface area contributed by atoms with E-state index in [1.54, 1.807) is 45.2 Å². The highest BCUT2D eigenvalue weighted by Gasteiger charge is 2.23. The lowest BCUT2D eigenvalue weighted by Gasteiger charge is -2.22. The molecule has 2 unspecified atom stereocenters. The highest BCUT2D eigenvalue weighted by atomic mass is 32.2. The molecule has 1 aromatic rings. The van der Waals surface area contributed by atoms with E-state index < -0.39 is 21.2 Å². The average Bonchev–Trinajstić information content (AvgIpc) is 2.44. The summed E-state index contributed by atoms with van der Waals surface area (Å²) in [5, 5.41) is 12.8. The standard InChI is InChI=1S/C14H24N2O3S/c1-10(2)20(18,19)12-6-4-5-11(9-12)14(17)13(16-3)7-8-15/h4-6,9-10,13-14,16-17H,7-8,15H2,1-3H3. The fourth-order valence-electron chi connectivity index (χ4n) is 2.02. The van der Waals surface area contributed by atoms with Gasteiger partial charge in [-0.05, 0) is 51.6 Å². The van der Waals surface area contributed by atoms with Crippen LogP contribution in [0, 0.1) is 0 Å². The van der Waals surface area contributed by atoms with Gasteiger partial charge in [-0.2, -0.15) is 0 Å². The SMILES string of the molecule is CNC(CCN)C(O)c1cccc(S(=O)(=O)C(C)C)c1. The fraction of sp³-hybridized carbons (Fsp3) is 0.571. The first kappa shape index (κ1) is 17.1. The maximum atomic E-state index is 12.2. The van der Waals surface area contributed by atoms with Crippen molar-refractivity contribution >= 4 is 9.84 Å². The Kier molecular flexibility index (Phi) is 6.13. The molecule has 4 N–H and O–H groups in total. The molecule has 0 aliphatic heterocycles. The third-order valence-electron chi connectivity index (χ3n) is 3.38. The minimum absolute atomic E-state index is 0.197. The zero-order valence-electron chi connectivity index (χ0n) is 12.2. The monoisotopic (exact) mass is 300 g/mol. The molecule has 0 spiro atoms. The van der Waals surface area contributed by atoms with E-state index in [-0.39, 0.29) is 10.9 Å². The van der Waals surface area contributed by atoms with Crippen LogP contribution in [0.25, 0.3) is 0 Å². The van der Waals surface area contributed by atoms with Crippen LogP contribution in [0.4, 0.5) is 0 Å². The van der Waals surface area contributed by atoms with E-state index in [0.29, 0.717) is 18.5 Å². The van der Waals surface area contributed by atoms with Crippen molar-refractivity contribution in [2.75, 3.05) is 13.6 Å². The number of aliphatic hydroxyl groups excluding tert-OH is 1. The minimum atomic E-state index is -3.33. The molecule has 0 heterocycles. The van der Waals surface area contributed by atoms with Crippen LogP contribution in [0.15, 0.2) is 29.2 Å². The van der Waals surface area contributed by atoms with Crippen LogP contribution in [-0.2, 0) is 9.84 Å². The molecule has 0 fully saturated rings. The highest BCUT2D eigenvalue weighted by molar-refractivity contribution is 7.92. The van der Waals surface area contributed by atoms with Crippen LogP contribution in [0.2, 0.25) is 0 Å². The summed E-state index contributed by atoms with van der Waals surface area (Å²) in [6.45, 7) is 3.74. The Morgan fingerprint density at radius 1 is 1.35 bits per heavy atom. The summed E-state index contributed by atoms with van der Waals surface area (Å²) < 4.78 is 24.3. The minimum Gasteiger partial charge on any atom is -0.387 e. The molecule has 0 aliphatic carbocycles. The molecule has 5 nitrogen and oxygen atoms in total. The second kappa shape index (κ2) is 7.17. The second-order valence-electron chi connectivity index (χ2n) is 5.08. The predicted octanol–water partition coefficient (Wildman–Crippen LogP) is 0.839. The normalized spacial score (nSPS) is 15.3. The van der Waals surface area contributed by atoms with Gasteiger partial charge in [0.05, 0.1) is 16.2 Å². The quantitative estimate of drug-likeness (QED) is 0.694. The Hall–Kier alpha value is -0.950. The van der Waals surface area contributed by atoms with Crippen molar-refractivity contribution in [2.24, 2.45) is 5.73 Å². The zero-order valence-corrected chi connectivity index (χ0v) is 13.0. The molecule has 0 aliphatic rings. The molecule has 20 heavy (non-hydrogen) atoms. The first-order valence-corrected chi connectivity index (χ1v) is 8.28. The summed E-state index contributed by atoms with van der Waals surface area (Å²) in [6, 6.07) is 6.29. The molecule has 114 valence electrons. The van der Waals surface area contributed by atoms with E-state index in [1.165, 1.54) is 0 Å². The molecular formula is C14H24N2O3S. The van der Waals surface area contributed by atoms with Crippen LogP contribution in [0.3, 0.4) is 0 Å². The fourth-order valence-corrected chi connectivity index (χ4v) is 3.13. The highest BCUT2D eigenvalue weighted by Crippen LogP contribution is 2.23. The van der Waals surface area contributed by atoms with Gasteiger partial charge in [0.25, 0.3) is 0 Å². The molecule has 0 saturated heterocycles. The number of likely N-dealkylation sites (N-methyl/N-ethyl adjacent to an activating group) is 1. The van der Waals surface area contributed by atoms with Gasteiger partial charge < -0.3 is 16.2 Å². The molecular weight excluding hydrogens is 276 g/mol. The zero-order chi connectivity index (χ0) is 15.3. The van der Waals surface area contributed by atoms with Crippen LogP contribution >= 0.6 is 0 Å². The number of sulfone groups is 1. The van der Waals surface area contributed by atoms with Gasteiger partial charge in [-0.25, -0.2) is 8.42 Å². The summed E-state index contributed by atoms with van der Waals surface area (Å²) >= 11 is 0. The molecule has 0 aromatic heterocycles. The Bertz CT molecular complexity index is 529. The lowest BCUT2D eigenvalue weighted by Crippen LogP contribution is -2.34. The number of rotatable bonds is 7. The van der Waals surface area contributed by atoms with Gasteiger partial charge in [0.1, 0.15) is 0 Å². The van der Waals surface area contributed by atoms with Crippen LogP contribution in [0.1, 0.15) is 31.9 Å². The largest absolute Gasteiger partial charge is 0.387 e. The van der Waals surface area contributed by atoms with Crippen LogP contribution in [0.5, 0.6) is 0 Å². The molecule has 0 amide bonds. The first-order valence-electron chi connectivity index (χ1n) is 6.73. The number of aliphatic hydroxyl groups is 1. The Balaban J connectivity index is 3.10. The van der Waals surface area contributed by atoms with Gasteiger partial charge in [0.2, 0.25) is 0 Å². The average molecular weight is 300 g/mol. The van der Waals surface area contributed by atoms with Gasteiger partial charge in [-0.15, -0.1) is 0 Å². The summed E-state index contributed by atoms with van der Waals surface area (Å²) in [5.74, 6) is 0. The van der Waals surface area contributed by atoms with E-state index in [0.717, 1.165) is 0 Å². The van der Waals surface area contributed by atoms with Gasteiger partial charge in [-0.3, -0.25) is 0 Å². The molecule has 2 atom stereocenters. The van der Waals surface area contributed by atoms with E-state index in [1.807, 2.05) is 0 Å². The molecule has 0 radical (unpaired) electrons. The Morgan fingerprint density at radius 3 is 2.50 bits per heavy atom. The van der Waals surface area contributed by atoms with E-state index in [4.69, 9.17) is 5.73 Å². The Morgan fingerprint density at radius 2 is 2.00 bits per heavy atom. The van der Waals surface area contributed by atoms with E-state index in [9.17, 15) is 13.5 Å². The molecule has 0 bridgehead atoms. The van der Waals surface area contributed by atoms with E-state index in [2.05, 4.69) is 5.32 Å². The number of nitrogens with one attached hydrogen (secondary N) is 1. The van der Waals surface area contributed by atoms with E-state index >= 15 is 0 Å². The van der Waals surface area contributed by atoms with Crippen molar-refractivity contribution in [3.63, 3.8) is 0 Å². The molecule has 6 heteroatoms. The summed E-state index contributed by atoms with van der Waals surface area (Å²) in [6.07, 6.45) is -0.176. The van der Waals surface area contributed by atoms with Crippen molar-refractivity contribution in [1.82, 2.24) is 5.32 Å². The second-order valence-corrected chi connectivity index (χ2v) is 7.59. The number of benzene rings is 1.